The smallest absolute Gasteiger partial charge is 0.326 e. The highest BCUT2D eigenvalue weighted by atomic mass is 32.1. The Morgan fingerprint density at radius 3 is 2.67 bits per heavy atom. The highest BCUT2D eigenvalue weighted by Gasteiger charge is 2.23. The molecule has 1 aromatic rings. The van der Waals surface area contributed by atoms with E-state index in [2.05, 4.69) is 15.0 Å². The van der Waals surface area contributed by atoms with Crippen molar-refractivity contribution >= 4 is 29.2 Å². The van der Waals surface area contributed by atoms with E-state index in [1.807, 2.05) is 0 Å². The van der Waals surface area contributed by atoms with Crippen molar-refractivity contribution in [2.24, 2.45) is 5.73 Å². The van der Waals surface area contributed by atoms with Crippen molar-refractivity contribution in [3.63, 3.8) is 0 Å². The summed E-state index contributed by atoms with van der Waals surface area (Å²) in [7, 11) is 1.21. The second kappa shape index (κ2) is 7.70. The van der Waals surface area contributed by atoms with Gasteiger partial charge in [0.05, 0.1) is 13.2 Å². The first-order chi connectivity index (χ1) is 9.85. The molecule has 0 saturated heterocycles. The lowest BCUT2D eigenvalue weighted by molar-refractivity contribution is -0.142. The Balaban J connectivity index is 2.67. The largest absolute Gasteiger partial charge is 0.480 e. The minimum atomic E-state index is -1.23. The van der Waals surface area contributed by atoms with E-state index in [1.54, 1.807) is 6.92 Å². The molecule has 1 rings (SSSR count). The number of ether oxygens (including phenoxy) is 1. The monoisotopic (exact) mass is 315 g/mol. The first kappa shape index (κ1) is 17.1. The Kier molecular flexibility index (Phi) is 6.25. The molecule has 0 bridgehead atoms. The summed E-state index contributed by atoms with van der Waals surface area (Å²) in [4.78, 5) is 38.0. The quantitative estimate of drug-likeness (QED) is 0.616. The van der Waals surface area contributed by atoms with Crippen LogP contribution in [-0.2, 0) is 14.3 Å². The van der Waals surface area contributed by atoms with Crippen molar-refractivity contribution < 1.29 is 24.2 Å². The molecule has 1 aromatic heterocycles. The molecule has 0 aliphatic rings. The predicted molar refractivity (Wildman–Crippen MR) is 74.9 cm³/mol. The molecule has 1 heterocycles. The van der Waals surface area contributed by atoms with E-state index in [1.165, 1.54) is 23.8 Å². The number of carbonyl (C=O) groups is 3. The van der Waals surface area contributed by atoms with E-state index in [9.17, 15) is 14.4 Å². The maximum atomic E-state index is 11.9. The topological polar surface area (TPSA) is 132 Å². The van der Waals surface area contributed by atoms with Crippen LogP contribution in [0.4, 0.5) is 0 Å². The van der Waals surface area contributed by atoms with Crippen LogP contribution in [0.5, 0.6) is 0 Å². The van der Waals surface area contributed by atoms with Crippen molar-refractivity contribution in [2.45, 2.75) is 31.8 Å². The SMILES string of the molecule is COC(=O)CCC(NC(=O)c1csc(C(C)N)n1)C(=O)O. The summed E-state index contributed by atoms with van der Waals surface area (Å²) in [5.74, 6) is -2.38. The van der Waals surface area contributed by atoms with Crippen LogP contribution in [0.1, 0.15) is 41.3 Å². The van der Waals surface area contributed by atoms with Crippen LogP contribution in [0.3, 0.4) is 0 Å². The molecule has 116 valence electrons. The zero-order chi connectivity index (χ0) is 16.0. The molecule has 4 N–H and O–H groups in total. The first-order valence-corrected chi connectivity index (χ1v) is 7.04. The van der Waals surface area contributed by atoms with Gasteiger partial charge in [-0.1, -0.05) is 0 Å². The Labute approximate surface area is 125 Å². The molecule has 0 fully saturated rings. The van der Waals surface area contributed by atoms with Gasteiger partial charge in [0.2, 0.25) is 0 Å². The maximum Gasteiger partial charge on any atom is 0.326 e. The second-order valence-electron chi connectivity index (χ2n) is 4.34. The van der Waals surface area contributed by atoms with Gasteiger partial charge in [0.1, 0.15) is 16.7 Å². The predicted octanol–water partition coefficient (Wildman–Crippen LogP) is 0.299. The maximum absolute atomic E-state index is 11.9. The summed E-state index contributed by atoms with van der Waals surface area (Å²) >= 11 is 1.22. The molecule has 0 aliphatic heterocycles. The molecule has 0 aromatic carbocycles. The fourth-order valence-electron chi connectivity index (χ4n) is 1.45. The minimum absolute atomic E-state index is 0.0575. The highest BCUT2D eigenvalue weighted by Crippen LogP contribution is 2.16. The van der Waals surface area contributed by atoms with Gasteiger partial charge in [-0.25, -0.2) is 9.78 Å². The zero-order valence-electron chi connectivity index (χ0n) is 11.7. The molecule has 0 radical (unpaired) electrons. The summed E-state index contributed by atoms with van der Waals surface area (Å²) in [6.07, 6.45) is -0.159. The third kappa shape index (κ3) is 5.12. The number of rotatable bonds is 7. The highest BCUT2D eigenvalue weighted by molar-refractivity contribution is 7.09. The van der Waals surface area contributed by atoms with Crippen molar-refractivity contribution in [3.05, 3.63) is 16.1 Å². The molecule has 1 amide bonds. The number of nitrogens with zero attached hydrogens (tertiary/aromatic N) is 1. The molecule has 2 unspecified atom stereocenters. The van der Waals surface area contributed by atoms with Gasteiger partial charge in [-0.2, -0.15) is 0 Å². The standard InChI is InChI=1S/C12H17N3O5S/c1-6(13)11-15-8(5-21-11)10(17)14-7(12(18)19)3-4-9(16)20-2/h5-7H,3-4,13H2,1-2H3,(H,14,17)(H,18,19). The van der Waals surface area contributed by atoms with Gasteiger partial charge in [-0.05, 0) is 13.3 Å². The lowest BCUT2D eigenvalue weighted by atomic mass is 10.1. The van der Waals surface area contributed by atoms with Crippen LogP contribution >= 0.6 is 11.3 Å². The summed E-state index contributed by atoms with van der Waals surface area (Å²) in [5, 5.41) is 13.5. The molecule has 21 heavy (non-hydrogen) atoms. The Bertz CT molecular complexity index is 529. The van der Waals surface area contributed by atoms with E-state index >= 15 is 0 Å². The lowest BCUT2D eigenvalue weighted by Gasteiger charge is -2.12. The number of carboxylic acids is 1. The van der Waals surface area contributed by atoms with Gasteiger partial charge in [0.25, 0.3) is 5.91 Å². The van der Waals surface area contributed by atoms with Crippen LogP contribution in [0.15, 0.2) is 5.38 Å². The van der Waals surface area contributed by atoms with E-state index in [-0.39, 0.29) is 24.6 Å². The molecule has 8 nitrogen and oxygen atoms in total. The van der Waals surface area contributed by atoms with Crippen molar-refractivity contribution in [1.29, 1.82) is 0 Å². The van der Waals surface area contributed by atoms with Crippen LogP contribution < -0.4 is 11.1 Å². The van der Waals surface area contributed by atoms with Crippen LogP contribution in [0, 0.1) is 0 Å². The third-order valence-electron chi connectivity index (χ3n) is 2.61. The molecule has 0 spiro atoms. The number of methoxy groups -OCH3 is 1. The van der Waals surface area contributed by atoms with Crippen LogP contribution in [-0.4, -0.2) is 41.1 Å². The van der Waals surface area contributed by atoms with Crippen molar-refractivity contribution in [3.8, 4) is 0 Å². The number of aromatic nitrogens is 1. The number of hydrogen-bond acceptors (Lipinski definition) is 7. The first-order valence-electron chi connectivity index (χ1n) is 6.16. The molecule has 0 aliphatic carbocycles. The van der Waals surface area contributed by atoms with Gasteiger partial charge in [0.15, 0.2) is 0 Å². The number of amides is 1. The van der Waals surface area contributed by atoms with Gasteiger partial charge in [0, 0.05) is 11.8 Å². The van der Waals surface area contributed by atoms with E-state index in [4.69, 9.17) is 10.8 Å². The molecular formula is C12H17N3O5S. The Morgan fingerprint density at radius 2 is 2.19 bits per heavy atom. The molecule has 2 atom stereocenters. The van der Waals surface area contributed by atoms with Gasteiger partial charge in [-0.15, -0.1) is 11.3 Å². The van der Waals surface area contributed by atoms with Gasteiger partial charge >= 0.3 is 11.9 Å². The number of carboxylic acid groups (broad SMARTS) is 1. The number of carbonyl (C=O) groups excluding carboxylic acids is 2. The average molecular weight is 315 g/mol. The van der Waals surface area contributed by atoms with Gasteiger partial charge in [-0.3, -0.25) is 9.59 Å². The Morgan fingerprint density at radius 1 is 1.52 bits per heavy atom. The Hall–Kier alpha value is -2.00. The van der Waals surface area contributed by atoms with Crippen LogP contribution in [0.2, 0.25) is 0 Å². The average Bonchev–Trinajstić information content (AvgIpc) is 2.92. The molecular weight excluding hydrogens is 298 g/mol. The number of aliphatic carboxylic acids is 1. The number of hydrogen-bond donors (Lipinski definition) is 3. The van der Waals surface area contributed by atoms with E-state index in [0.717, 1.165) is 0 Å². The summed E-state index contributed by atoms with van der Waals surface area (Å²) in [6.45, 7) is 1.73. The molecule has 9 heteroatoms. The third-order valence-corrected chi connectivity index (χ3v) is 3.66. The van der Waals surface area contributed by atoms with E-state index in [0.29, 0.717) is 5.01 Å². The minimum Gasteiger partial charge on any atom is -0.480 e. The van der Waals surface area contributed by atoms with Crippen molar-refractivity contribution in [2.75, 3.05) is 7.11 Å². The summed E-state index contributed by atoms with van der Waals surface area (Å²) in [5.41, 5.74) is 5.75. The van der Waals surface area contributed by atoms with Crippen molar-refractivity contribution in [1.82, 2.24) is 10.3 Å². The normalized spacial score (nSPS) is 13.3. The van der Waals surface area contributed by atoms with Crippen LogP contribution in [0.25, 0.3) is 0 Å². The lowest BCUT2D eigenvalue weighted by Crippen LogP contribution is -2.41. The summed E-state index contributed by atoms with van der Waals surface area (Å²) in [6, 6.07) is -1.48. The zero-order valence-corrected chi connectivity index (χ0v) is 12.5. The fraction of sp³-hybridized carbons (Fsp3) is 0.500. The number of nitrogens with two attached hydrogens (primary N) is 1. The van der Waals surface area contributed by atoms with Gasteiger partial charge < -0.3 is 20.9 Å². The van der Waals surface area contributed by atoms with E-state index < -0.39 is 23.9 Å². The summed E-state index contributed by atoms with van der Waals surface area (Å²) < 4.78 is 4.43. The number of esters is 1. The molecule has 0 saturated carbocycles. The number of thiazole rings is 1. The fourth-order valence-corrected chi connectivity index (χ4v) is 2.21. The number of nitrogens with one attached hydrogen (secondary N) is 1. The second-order valence-corrected chi connectivity index (χ2v) is 5.23.